The van der Waals surface area contributed by atoms with Gasteiger partial charge in [0.25, 0.3) is 0 Å². The van der Waals surface area contributed by atoms with Crippen LogP contribution in [0.4, 0.5) is 0 Å². The summed E-state index contributed by atoms with van der Waals surface area (Å²) < 4.78 is 11.2. The van der Waals surface area contributed by atoms with Crippen LogP contribution in [-0.4, -0.2) is 37.1 Å². The van der Waals surface area contributed by atoms with Gasteiger partial charge in [-0.3, -0.25) is 0 Å². The Kier molecular flexibility index (Phi) is 6.15. The van der Waals surface area contributed by atoms with Crippen molar-refractivity contribution in [3.63, 3.8) is 0 Å². The van der Waals surface area contributed by atoms with E-state index in [4.69, 9.17) is 14.6 Å². The molecule has 0 aromatic rings. The van der Waals surface area contributed by atoms with E-state index < -0.39 is 0 Å². The van der Waals surface area contributed by atoms with E-state index in [1.54, 1.807) is 0 Å². The molecular formula is C11H22O3. The van der Waals surface area contributed by atoms with Crippen molar-refractivity contribution in [3.05, 3.63) is 0 Å². The summed E-state index contributed by atoms with van der Waals surface area (Å²) in [6.45, 7) is 4.00. The first kappa shape index (κ1) is 12.0. The van der Waals surface area contributed by atoms with Gasteiger partial charge >= 0.3 is 0 Å². The van der Waals surface area contributed by atoms with Crippen LogP contribution < -0.4 is 0 Å². The van der Waals surface area contributed by atoms with Crippen molar-refractivity contribution >= 4 is 0 Å². The second-order valence-corrected chi connectivity index (χ2v) is 3.83. The minimum atomic E-state index is 0.127. The molecule has 0 aromatic heterocycles. The molecule has 3 nitrogen and oxygen atoms in total. The molecule has 1 aliphatic heterocycles. The van der Waals surface area contributed by atoms with E-state index in [1.807, 2.05) is 0 Å². The highest BCUT2D eigenvalue weighted by atomic mass is 16.6. The van der Waals surface area contributed by atoms with Gasteiger partial charge in [0.15, 0.2) is 0 Å². The quantitative estimate of drug-likeness (QED) is 0.639. The van der Waals surface area contributed by atoms with Crippen LogP contribution in [0.1, 0.15) is 39.0 Å². The van der Waals surface area contributed by atoms with E-state index in [1.165, 1.54) is 12.8 Å². The largest absolute Gasteiger partial charge is 0.396 e. The molecule has 1 N–H and O–H groups in total. The zero-order valence-corrected chi connectivity index (χ0v) is 9.08. The average Bonchev–Trinajstić information content (AvgIpc) is 2.61. The molecule has 2 atom stereocenters. The molecular weight excluding hydrogens is 180 g/mol. The smallest absolute Gasteiger partial charge is 0.0859 e. The van der Waals surface area contributed by atoms with Crippen LogP contribution >= 0.6 is 0 Å². The van der Waals surface area contributed by atoms with Crippen LogP contribution in [0.2, 0.25) is 0 Å². The molecule has 1 heterocycles. The number of rotatable bonds is 7. The first-order valence-corrected chi connectivity index (χ1v) is 5.72. The van der Waals surface area contributed by atoms with Crippen LogP contribution in [0, 0.1) is 0 Å². The zero-order valence-electron chi connectivity index (χ0n) is 9.08. The Morgan fingerprint density at radius 1 is 1.43 bits per heavy atom. The van der Waals surface area contributed by atoms with Crippen molar-refractivity contribution < 1.29 is 14.6 Å². The Morgan fingerprint density at radius 3 is 3.00 bits per heavy atom. The Balaban J connectivity index is 2.09. The van der Waals surface area contributed by atoms with E-state index in [0.717, 1.165) is 26.1 Å². The first-order chi connectivity index (χ1) is 6.88. The predicted octanol–water partition coefficient (Wildman–Crippen LogP) is 1.73. The summed E-state index contributed by atoms with van der Waals surface area (Å²) in [4.78, 5) is 0. The lowest BCUT2D eigenvalue weighted by Crippen LogP contribution is -2.25. The second-order valence-electron chi connectivity index (χ2n) is 3.83. The summed E-state index contributed by atoms with van der Waals surface area (Å²) in [5, 5.41) is 8.82. The fraction of sp³-hybridized carbons (Fsp3) is 1.00. The summed E-state index contributed by atoms with van der Waals surface area (Å²) in [7, 11) is 0. The second kappa shape index (κ2) is 7.21. The molecule has 0 bridgehead atoms. The van der Waals surface area contributed by atoms with E-state index in [2.05, 4.69) is 6.92 Å². The third-order valence-electron chi connectivity index (χ3n) is 2.64. The normalized spacial score (nSPS) is 27.0. The molecule has 0 saturated carbocycles. The van der Waals surface area contributed by atoms with Gasteiger partial charge in [-0.1, -0.05) is 19.8 Å². The average molecular weight is 202 g/mol. The lowest BCUT2D eigenvalue weighted by atomic mass is 10.1. The molecule has 0 aromatic carbocycles. The Morgan fingerprint density at radius 2 is 2.29 bits per heavy atom. The summed E-state index contributed by atoms with van der Waals surface area (Å²) in [5.74, 6) is 0. The fourth-order valence-corrected chi connectivity index (χ4v) is 1.80. The zero-order chi connectivity index (χ0) is 10.2. The van der Waals surface area contributed by atoms with Crippen molar-refractivity contribution in [3.8, 4) is 0 Å². The van der Waals surface area contributed by atoms with Gasteiger partial charge in [0.05, 0.1) is 12.2 Å². The van der Waals surface area contributed by atoms with Gasteiger partial charge in [0, 0.05) is 19.8 Å². The topological polar surface area (TPSA) is 38.7 Å². The van der Waals surface area contributed by atoms with Crippen molar-refractivity contribution in [1.29, 1.82) is 0 Å². The Bertz CT molecular complexity index is 138. The molecule has 3 heteroatoms. The van der Waals surface area contributed by atoms with Gasteiger partial charge in [0.2, 0.25) is 0 Å². The van der Waals surface area contributed by atoms with Crippen molar-refractivity contribution in [1.82, 2.24) is 0 Å². The minimum absolute atomic E-state index is 0.127. The maximum absolute atomic E-state index is 8.82. The number of unbranched alkanes of at least 4 members (excludes halogenated alkanes) is 2. The summed E-state index contributed by atoms with van der Waals surface area (Å²) in [6, 6.07) is 0. The Hall–Kier alpha value is -0.120. The molecule has 1 aliphatic rings. The molecule has 1 rings (SSSR count). The fourth-order valence-electron chi connectivity index (χ4n) is 1.80. The SMILES string of the molecule is CCCCCO[C@@H]1CCO[C@@H]1CCO. The standard InChI is InChI=1S/C11H22O3/c1-2-3-4-8-13-11-6-9-14-10(11)5-7-12/h10-12H,2-9H2,1H3/t10-,11-/m1/s1. The summed E-state index contributed by atoms with van der Waals surface area (Å²) in [6.07, 6.45) is 5.64. The van der Waals surface area contributed by atoms with Gasteiger partial charge in [-0.2, -0.15) is 0 Å². The lowest BCUT2D eigenvalue weighted by Gasteiger charge is -2.18. The van der Waals surface area contributed by atoms with E-state index >= 15 is 0 Å². The third-order valence-corrected chi connectivity index (χ3v) is 2.64. The van der Waals surface area contributed by atoms with Gasteiger partial charge < -0.3 is 14.6 Å². The van der Waals surface area contributed by atoms with E-state index in [9.17, 15) is 0 Å². The summed E-state index contributed by atoms with van der Waals surface area (Å²) >= 11 is 0. The van der Waals surface area contributed by atoms with Gasteiger partial charge in [-0.25, -0.2) is 0 Å². The maximum Gasteiger partial charge on any atom is 0.0859 e. The number of aliphatic hydroxyl groups is 1. The number of hydrogen-bond acceptors (Lipinski definition) is 3. The molecule has 0 amide bonds. The third kappa shape index (κ3) is 3.95. The molecule has 0 spiro atoms. The van der Waals surface area contributed by atoms with Gasteiger partial charge in [0.1, 0.15) is 0 Å². The van der Waals surface area contributed by atoms with Crippen molar-refractivity contribution in [2.75, 3.05) is 19.8 Å². The molecule has 0 radical (unpaired) electrons. The van der Waals surface area contributed by atoms with Crippen molar-refractivity contribution in [2.45, 2.75) is 51.2 Å². The minimum Gasteiger partial charge on any atom is -0.396 e. The van der Waals surface area contributed by atoms with Crippen LogP contribution in [-0.2, 0) is 9.47 Å². The predicted molar refractivity (Wildman–Crippen MR) is 55.3 cm³/mol. The number of hydrogen-bond donors (Lipinski definition) is 1. The highest BCUT2D eigenvalue weighted by Gasteiger charge is 2.27. The highest BCUT2D eigenvalue weighted by molar-refractivity contribution is 4.76. The van der Waals surface area contributed by atoms with E-state index in [0.29, 0.717) is 6.42 Å². The molecule has 14 heavy (non-hydrogen) atoms. The molecule has 0 aliphatic carbocycles. The van der Waals surface area contributed by atoms with Gasteiger partial charge in [-0.15, -0.1) is 0 Å². The van der Waals surface area contributed by atoms with Crippen LogP contribution in [0.25, 0.3) is 0 Å². The number of aliphatic hydroxyl groups excluding tert-OH is 1. The van der Waals surface area contributed by atoms with Crippen LogP contribution in [0.5, 0.6) is 0 Å². The van der Waals surface area contributed by atoms with E-state index in [-0.39, 0.29) is 18.8 Å². The maximum atomic E-state index is 8.82. The monoisotopic (exact) mass is 202 g/mol. The highest BCUT2D eigenvalue weighted by Crippen LogP contribution is 2.19. The van der Waals surface area contributed by atoms with Crippen LogP contribution in [0.15, 0.2) is 0 Å². The molecule has 0 unspecified atom stereocenters. The summed E-state index contributed by atoms with van der Waals surface area (Å²) in [5.41, 5.74) is 0. The van der Waals surface area contributed by atoms with Crippen molar-refractivity contribution in [2.24, 2.45) is 0 Å². The molecule has 84 valence electrons. The first-order valence-electron chi connectivity index (χ1n) is 5.72. The molecule has 1 fully saturated rings. The van der Waals surface area contributed by atoms with Crippen LogP contribution in [0.3, 0.4) is 0 Å². The van der Waals surface area contributed by atoms with Gasteiger partial charge in [-0.05, 0) is 19.3 Å². The lowest BCUT2D eigenvalue weighted by molar-refractivity contribution is -0.0196. The molecule has 1 saturated heterocycles. The number of ether oxygens (including phenoxy) is 2. The Labute approximate surface area is 86.4 Å².